The summed E-state index contributed by atoms with van der Waals surface area (Å²) in [5, 5.41) is 0. The Morgan fingerprint density at radius 2 is 1.57 bits per heavy atom. The molecular weight excluding hydrogens is 256 g/mol. The normalized spacial score (nSPS) is 21.4. The summed E-state index contributed by atoms with van der Waals surface area (Å²) >= 11 is 0. The van der Waals surface area contributed by atoms with Gasteiger partial charge in [-0.15, -0.1) is 0 Å². The molecule has 0 saturated carbocycles. The predicted molar refractivity (Wildman–Crippen MR) is 93.6 cm³/mol. The van der Waals surface area contributed by atoms with Gasteiger partial charge in [-0.05, 0) is 19.3 Å². The molecule has 0 radical (unpaired) electrons. The van der Waals surface area contributed by atoms with Gasteiger partial charge in [-0.2, -0.15) is 0 Å². The molecule has 1 nitrogen and oxygen atoms in total. The first-order chi connectivity index (χ1) is 10.4. The van der Waals surface area contributed by atoms with Crippen LogP contribution in [-0.4, -0.2) is 12.2 Å². The number of epoxide rings is 1. The minimum atomic E-state index is 0.509. The largest absolute Gasteiger partial charge is 0.369 e. The second kappa shape index (κ2) is 12.9. The third-order valence-corrected chi connectivity index (χ3v) is 4.11. The zero-order chi connectivity index (χ0) is 15.2. The molecule has 0 aromatic carbocycles. The van der Waals surface area contributed by atoms with E-state index >= 15 is 0 Å². The molecule has 1 saturated heterocycles. The highest BCUT2D eigenvalue weighted by atomic mass is 16.6. The Morgan fingerprint density at radius 1 is 0.857 bits per heavy atom. The molecule has 1 heterocycles. The number of unbranched alkanes of at least 4 members (excludes halogenated alkanes) is 7. The second-order valence-corrected chi connectivity index (χ2v) is 6.08. The van der Waals surface area contributed by atoms with Crippen LogP contribution < -0.4 is 0 Å². The quantitative estimate of drug-likeness (QED) is 0.157. The summed E-state index contributed by atoms with van der Waals surface area (Å²) in [5.41, 5.74) is 0. The topological polar surface area (TPSA) is 12.5 Å². The van der Waals surface area contributed by atoms with E-state index < -0.39 is 0 Å². The fraction of sp³-hybridized carbons (Fsp3) is 0.700. The van der Waals surface area contributed by atoms with Gasteiger partial charge in [-0.3, -0.25) is 0 Å². The number of allylic oxidation sites excluding steroid dienone is 4. The summed E-state index contributed by atoms with van der Waals surface area (Å²) < 4.78 is 5.72. The van der Waals surface area contributed by atoms with Crippen LogP contribution in [0.3, 0.4) is 0 Å². The van der Waals surface area contributed by atoms with E-state index in [1.807, 2.05) is 12.2 Å². The van der Waals surface area contributed by atoms with Crippen molar-refractivity contribution in [3.8, 4) is 0 Å². The molecule has 0 bridgehead atoms. The van der Waals surface area contributed by atoms with E-state index in [4.69, 9.17) is 4.74 Å². The van der Waals surface area contributed by atoms with Gasteiger partial charge in [-0.25, -0.2) is 0 Å². The molecule has 0 spiro atoms. The Morgan fingerprint density at radius 3 is 2.29 bits per heavy atom. The number of ether oxygens (including phenoxy) is 1. The third kappa shape index (κ3) is 10.5. The average molecular weight is 290 g/mol. The van der Waals surface area contributed by atoms with Gasteiger partial charge in [-0.1, -0.05) is 95.2 Å². The zero-order valence-corrected chi connectivity index (χ0v) is 13.9. The van der Waals surface area contributed by atoms with Crippen molar-refractivity contribution in [2.24, 2.45) is 0 Å². The van der Waals surface area contributed by atoms with E-state index in [1.54, 1.807) is 0 Å². The molecule has 0 aliphatic carbocycles. The van der Waals surface area contributed by atoms with Crippen molar-refractivity contribution >= 4 is 0 Å². The monoisotopic (exact) mass is 290 g/mol. The van der Waals surface area contributed by atoms with Crippen molar-refractivity contribution in [3.05, 3.63) is 37.0 Å². The highest BCUT2D eigenvalue weighted by Crippen LogP contribution is 2.30. The molecule has 0 aromatic heterocycles. The Labute approximate surface area is 132 Å². The summed E-state index contributed by atoms with van der Waals surface area (Å²) in [6.07, 6.45) is 26.0. The summed E-state index contributed by atoms with van der Waals surface area (Å²) in [7, 11) is 0. The van der Waals surface area contributed by atoms with Crippen LogP contribution in [0.5, 0.6) is 0 Å². The summed E-state index contributed by atoms with van der Waals surface area (Å²) in [6, 6.07) is 0. The second-order valence-electron chi connectivity index (χ2n) is 6.08. The third-order valence-electron chi connectivity index (χ3n) is 4.11. The molecule has 0 N–H and O–H groups in total. The van der Waals surface area contributed by atoms with Crippen LogP contribution in [0.4, 0.5) is 0 Å². The van der Waals surface area contributed by atoms with Gasteiger partial charge in [0, 0.05) is 0 Å². The molecule has 2 unspecified atom stereocenters. The molecule has 1 rings (SSSR count). The van der Waals surface area contributed by atoms with Crippen LogP contribution in [0.25, 0.3) is 0 Å². The molecule has 1 heteroatoms. The van der Waals surface area contributed by atoms with Crippen LogP contribution in [0.1, 0.15) is 77.6 Å². The molecule has 2 atom stereocenters. The molecular formula is C20H34O. The maximum atomic E-state index is 5.72. The molecule has 120 valence electrons. The molecule has 1 aliphatic heterocycles. The van der Waals surface area contributed by atoms with Crippen molar-refractivity contribution in [2.75, 3.05) is 0 Å². The van der Waals surface area contributed by atoms with E-state index in [-0.39, 0.29) is 0 Å². The predicted octanol–water partition coefficient (Wildman–Crippen LogP) is 6.36. The van der Waals surface area contributed by atoms with E-state index in [0.717, 1.165) is 12.8 Å². The summed E-state index contributed by atoms with van der Waals surface area (Å²) in [4.78, 5) is 0. The van der Waals surface area contributed by atoms with Crippen molar-refractivity contribution in [1.82, 2.24) is 0 Å². The smallest absolute Gasteiger partial charge is 0.0876 e. The van der Waals surface area contributed by atoms with Gasteiger partial charge in [0.05, 0.1) is 12.2 Å². The van der Waals surface area contributed by atoms with Crippen molar-refractivity contribution in [3.63, 3.8) is 0 Å². The molecule has 21 heavy (non-hydrogen) atoms. The van der Waals surface area contributed by atoms with Gasteiger partial charge in [0.1, 0.15) is 0 Å². The standard InChI is InChI=1S/C20H34O/c1-3-5-7-9-11-12-14-16-18-20-19(21-20)17-15-13-10-8-6-4-2/h4,6,8,13,15,19-20H,2-3,5,7,9-12,14,16-18H2,1H3/b8-6+,15-13+. The van der Waals surface area contributed by atoms with Crippen molar-refractivity contribution < 1.29 is 4.74 Å². The van der Waals surface area contributed by atoms with Gasteiger partial charge in [0.15, 0.2) is 0 Å². The first-order valence-corrected chi connectivity index (χ1v) is 8.96. The fourth-order valence-corrected chi connectivity index (χ4v) is 2.70. The maximum Gasteiger partial charge on any atom is 0.0876 e. The lowest BCUT2D eigenvalue weighted by Gasteiger charge is -2.00. The first kappa shape index (κ1) is 18.2. The van der Waals surface area contributed by atoms with E-state index in [1.165, 1.54) is 57.8 Å². The summed E-state index contributed by atoms with van der Waals surface area (Å²) in [6.45, 7) is 5.93. The van der Waals surface area contributed by atoms with Gasteiger partial charge >= 0.3 is 0 Å². The SMILES string of the molecule is C=C/C=C/C/C=C/CC1OC1CCCCCCCCCC. The molecule has 1 fully saturated rings. The van der Waals surface area contributed by atoms with E-state index in [0.29, 0.717) is 12.2 Å². The number of rotatable bonds is 14. The Hall–Kier alpha value is -0.820. The van der Waals surface area contributed by atoms with Gasteiger partial charge in [0.2, 0.25) is 0 Å². The Bertz CT molecular complexity index is 303. The van der Waals surface area contributed by atoms with Crippen LogP contribution in [0.2, 0.25) is 0 Å². The summed E-state index contributed by atoms with van der Waals surface area (Å²) in [5.74, 6) is 0. The van der Waals surface area contributed by atoms with Crippen molar-refractivity contribution in [2.45, 2.75) is 89.8 Å². The molecule has 1 aliphatic rings. The van der Waals surface area contributed by atoms with Gasteiger partial charge < -0.3 is 4.74 Å². The lowest BCUT2D eigenvalue weighted by Crippen LogP contribution is -1.93. The maximum absolute atomic E-state index is 5.72. The highest BCUT2D eigenvalue weighted by molar-refractivity contribution is 5.02. The van der Waals surface area contributed by atoms with Crippen molar-refractivity contribution in [1.29, 1.82) is 0 Å². The minimum absolute atomic E-state index is 0.509. The minimum Gasteiger partial charge on any atom is -0.369 e. The molecule has 0 amide bonds. The fourth-order valence-electron chi connectivity index (χ4n) is 2.70. The number of hydrogen-bond donors (Lipinski definition) is 0. The number of hydrogen-bond acceptors (Lipinski definition) is 1. The van der Waals surface area contributed by atoms with Crippen LogP contribution >= 0.6 is 0 Å². The molecule has 0 aromatic rings. The van der Waals surface area contributed by atoms with E-state index in [2.05, 4.69) is 31.7 Å². The van der Waals surface area contributed by atoms with Crippen LogP contribution in [0, 0.1) is 0 Å². The highest BCUT2D eigenvalue weighted by Gasteiger charge is 2.36. The van der Waals surface area contributed by atoms with E-state index in [9.17, 15) is 0 Å². The first-order valence-electron chi connectivity index (χ1n) is 8.96. The van der Waals surface area contributed by atoms with Crippen LogP contribution in [-0.2, 0) is 4.74 Å². The van der Waals surface area contributed by atoms with Gasteiger partial charge in [0.25, 0.3) is 0 Å². The lowest BCUT2D eigenvalue weighted by atomic mass is 10.1. The average Bonchev–Trinajstić information content (AvgIpc) is 3.24. The zero-order valence-electron chi connectivity index (χ0n) is 13.9. The Balaban J connectivity index is 1.84. The Kier molecular flexibility index (Phi) is 11.2. The van der Waals surface area contributed by atoms with Crippen LogP contribution in [0.15, 0.2) is 37.0 Å². The lowest BCUT2D eigenvalue weighted by molar-refractivity contribution is 0.358.